The van der Waals surface area contributed by atoms with Gasteiger partial charge in [-0.3, -0.25) is 23.4 Å². The van der Waals surface area contributed by atoms with Crippen LogP contribution in [0.1, 0.15) is 23.8 Å². The van der Waals surface area contributed by atoms with E-state index in [1.807, 2.05) is 4.98 Å². The minimum atomic E-state index is -4.27. The maximum Gasteiger partial charge on any atom is 0.530 e. The third-order valence-electron chi connectivity index (χ3n) is 4.71. The first-order valence-electron chi connectivity index (χ1n) is 8.98. The first kappa shape index (κ1) is 21.8. The number of benzene rings is 1. The fourth-order valence-corrected chi connectivity index (χ4v) is 4.45. The van der Waals surface area contributed by atoms with Gasteiger partial charge in [0, 0.05) is 18.2 Å². The van der Waals surface area contributed by atoms with Gasteiger partial charge in [-0.2, -0.15) is 0 Å². The van der Waals surface area contributed by atoms with E-state index in [0.717, 1.165) is 22.9 Å². The molecule has 2 aromatic rings. The monoisotopic (exact) mass is 462 g/mol. The van der Waals surface area contributed by atoms with Crippen molar-refractivity contribution in [2.75, 3.05) is 6.61 Å². The molecule has 0 spiro atoms. The second-order valence-corrected chi connectivity index (χ2v) is 8.57. The van der Waals surface area contributed by atoms with Crippen LogP contribution >= 0.6 is 7.82 Å². The molecule has 1 fully saturated rings. The molecule has 4 rings (SSSR count). The molecule has 31 heavy (non-hydrogen) atoms. The minimum Gasteiger partial charge on any atom is -0.404 e. The van der Waals surface area contributed by atoms with Crippen molar-refractivity contribution >= 4 is 7.82 Å². The van der Waals surface area contributed by atoms with E-state index in [2.05, 4.69) is 0 Å². The van der Waals surface area contributed by atoms with E-state index in [0.29, 0.717) is 0 Å². The third-order valence-corrected chi connectivity index (χ3v) is 6.02. The number of hydrogen-bond donors (Lipinski definition) is 3. The lowest BCUT2D eigenvalue weighted by atomic mass is 10.2. The maximum atomic E-state index is 15.1. The van der Waals surface area contributed by atoms with Crippen LogP contribution in [0, 0.1) is 5.82 Å². The molecule has 4 atom stereocenters. The number of phosphoric ester groups is 1. The average molecular weight is 462 g/mol. The van der Waals surface area contributed by atoms with E-state index in [9.17, 15) is 28.8 Å². The molecule has 0 radical (unpaired) electrons. The number of aromatic amines is 1. The van der Waals surface area contributed by atoms with Gasteiger partial charge in [0.25, 0.3) is 5.56 Å². The second-order valence-electron chi connectivity index (χ2n) is 6.98. The molecule has 1 unspecified atom stereocenters. The number of alkyl halides is 1. The number of halogens is 2. The van der Waals surface area contributed by atoms with Crippen LogP contribution in [0.3, 0.4) is 0 Å². The zero-order valence-corrected chi connectivity index (χ0v) is 16.6. The molecule has 2 aliphatic rings. The molecule has 1 saturated heterocycles. The molecule has 3 heterocycles. The average Bonchev–Trinajstić information content (AvgIpc) is 3.02. The summed E-state index contributed by atoms with van der Waals surface area (Å²) in [6.07, 6.45) is -2.82. The van der Waals surface area contributed by atoms with Gasteiger partial charge in [-0.25, -0.2) is 18.1 Å². The summed E-state index contributed by atoms with van der Waals surface area (Å²) in [6.45, 7) is -1.99. The summed E-state index contributed by atoms with van der Waals surface area (Å²) in [5.74, 6) is -3.19. The predicted octanol–water partition coefficient (Wildman–Crippen LogP) is 0.847. The number of H-pyrrole nitrogens is 1. The molecular weight excluding hydrogens is 445 g/mol. The second kappa shape index (κ2) is 7.93. The van der Waals surface area contributed by atoms with Crippen LogP contribution in [0.5, 0.6) is 5.75 Å². The number of ether oxygens (including phenoxy) is 1. The van der Waals surface area contributed by atoms with Crippen LogP contribution in [0.25, 0.3) is 0 Å². The molecule has 2 aliphatic heterocycles. The Morgan fingerprint density at radius 2 is 2.16 bits per heavy atom. The molecule has 11 nitrogen and oxygen atoms in total. The van der Waals surface area contributed by atoms with E-state index in [1.165, 1.54) is 6.07 Å². The van der Waals surface area contributed by atoms with Crippen molar-refractivity contribution in [2.24, 2.45) is 0 Å². The summed E-state index contributed by atoms with van der Waals surface area (Å²) in [7, 11) is -4.27. The zero-order chi connectivity index (χ0) is 22.4. The Kier molecular flexibility index (Phi) is 5.58. The lowest BCUT2D eigenvalue weighted by molar-refractivity contribution is -0.179. The molecule has 14 heteroatoms. The number of fused-ring (bicyclic) bond motifs is 1. The van der Waals surface area contributed by atoms with Crippen LogP contribution in [0.2, 0.25) is 0 Å². The summed E-state index contributed by atoms with van der Waals surface area (Å²) in [5.41, 5.74) is -1.75. The first-order chi connectivity index (χ1) is 14.6. The highest BCUT2D eigenvalue weighted by Gasteiger charge is 2.50. The molecule has 0 aliphatic carbocycles. The molecule has 1 aromatic heterocycles. The Morgan fingerprint density at radius 1 is 1.39 bits per heavy atom. The highest BCUT2D eigenvalue weighted by atomic mass is 31.2. The van der Waals surface area contributed by atoms with Crippen LogP contribution in [-0.2, 0) is 31.6 Å². The maximum absolute atomic E-state index is 15.1. The van der Waals surface area contributed by atoms with Gasteiger partial charge in [-0.05, 0) is 18.2 Å². The highest BCUT2D eigenvalue weighted by molar-refractivity contribution is 7.49. The lowest BCUT2D eigenvalue weighted by Gasteiger charge is -2.27. The molecule has 3 N–H and O–H groups in total. The van der Waals surface area contributed by atoms with Gasteiger partial charge in [0.1, 0.15) is 24.3 Å². The van der Waals surface area contributed by atoms with E-state index in [-0.39, 0.29) is 23.5 Å². The van der Waals surface area contributed by atoms with E-state index in [4.69, 9.17) is 18.3 Å². The van der Waals surface area contributed by atoms with Gasteiger partial charge in [-0.15, -0.1) is 0 Å². The standard InChI is InChI=1S/C17H17F2N2O9P/c18-11-1-2-13-9(3-11)7-27-31(26,30-13)28-8-17(19)4-12(23)15(29-17)21-5-10(6-22)14(24)20-16(21)25/h1-3,5,12,15,22-23H,4,6-8H2,(H,20,24,25)/t12-,15-,17+,31?/m1/s1. The number of aromatic nitrogens is 2. The summed E-state index contributed by atoms with van der Waals surface area (Å²) in [6, 6.07) is 3.43. The quantitative estimate of drug-likeness (QED) is 0.550. The van der Waals surface area contributed by atoms with Crippen molar-refractivity contribution in [1.29, 1.82) is 0 Å². The Morgan fingerprint density at radius 3 is 2.90 bits per heavy atom. The number of aliphatic hydroxyl groups is 2. The van der Waals surface area contributed by atoms with Gasteiger partial charge < -0.3 is 19.5 Å². The number of aliphatic hydroxyl groups excluding tert-OH is 2. The molecule has 0 saturated carbocycles. The van der Waals surface area contributed by atoms with Crippen LogP contribution in [0.4, 0.5) is 8.78 Å². The van der Waals surface area contributed by atoms with Crippen molar-refractivity contribution in [1.82, 2.24) is 9.55 Å². The number of nitrogens with zero attached hydrogens (tertiary/aromatic N) is 1. The molecule has 168 valence electrons. The number of rotatable bonds is 5. The molecule has 0 amide bonds. The molecule has 1 aromatic carbocycles. The summed E-state index contributed by atoms with van der Waals surface area (Å²) in [5, 5.41) is 19.4. The van der Waals surface area contributed by atoms with Gasteiger partial charge in [-0.1, -0.05) is 0 Å². The van der Waals surface area contributed by atoms with Crippen molar-refractivity contribution in [2.45, 2.75) is 37.8 Å². The minimum absolute atomic E-state index is 0.0467. The van der Waals surface area contributed by atoms with Crippen molar-refractivity contribution in [3.8, 4) is 5.75 Å². The van der Waals surface area contributed by atoms with Crippen LogP contribution in [0.15, 0.2) is 34.0 Å². The van der Waals surface area contributed by atoms with Crippen molar-refractivity contribution in [3.05, 3.63) is 62.2 Å². The van der Waals surface area contributed by atoms with Gasteiger partial charge >= 0.3 is 13.5 Å². The Hall–Kier alpha value is -2.41. The number of phosphoric acid groups is 1. The zero-order valence-electron chi connectivity index (χ0n) is 15.7. The Balaban J connectivity index is 1.48. The summed E-state index contributed by atoms with van der Waals surface area (Å²) < 4.78 is 61.9. The fraction of sp³-hybridized carbons (Fsp3) is 0.412. The lowest BCUT2D eigenvalue weighted by Crippen LogP contribution is -2.37. The van der Waals surface area contributed by atoms with Gasteiger partial charge in [0.2, 0.25) is 5.85 Å². The van der Waals surface area contributed by atoms with Crippen LogP contribution < -0.4 is 15.8 Å². The predicted molar refractivity (Wildman–Crippen MR) is 97.2 cm³/mol. The van der Waals surface area contributed by atoms with E-state index >= 15 is 4.39 Å². The molecule has 0 bridgehead atoms. The normalized spacial score (nSPS) is 30.1. The SMILES string of the molecule is O=c1[nH]c(=O)n([C@@H]2O[C@](F)(COP3(=O)OCc4cc(F)ccc4O3)C[C@H]2O)cc1CO. The Labute approximate surface area is 172 Å². The number of hydrogen-bond acceptors (Lipinski definition) is 9. The Bertz CT molecular complexity index is 1170. The van der Waals surface area contributed by atoms with Gasteiger partial charge in [0.05, 0.1) is 18.8 Å². The van der Waals surface area contributed by atoms with E-state index < -0.39 is 62.7 Å². The highest BCUT2D eigenvalue weighted by Crippen LogP contribution is 2.55. The summed E-state index contributed by atoms with van der Waals surface area (Å²) in [4.78, 5) is 25.5. The fourth-order valence-electron chi connectivity index (χ4n) is 3.20. The third kappa shape index (κ3) is 4.33. The first-order valence-corrected chi connectivity index (χ1v) is 10.4. The van der Waals surface area contributed by atoms with Crippen molar-refractivity contribution < 1.29 is 41.9 Å². The largest absolute Gasteiger partial charge is 0.530 e. The van der Waals surface area contributed by atoms with E-state index in [1.54, 1.807) is 0 Å². The number of nitrogens with one attached hydrogen (secondary N) is 1. The van der Waals surface area contributed by atoms with Gasteiger partial charge in [0.15, 0.2) is 6.23 Å². The van der Waals surface area contributed by atoms with Crippen LogP contribution in [-0.4, -0.2) is 38.3 Å². The topological polar surface area (TPSA) is 149 Å². The molecular formula is C17H17F2N2O9P. The smallest absolute Gasteiger partial charge is 0.404 e. The van der Waals surface area contributed by atoms with Crippen molar-refractivity contribution in [3.63, 3.8) is 0 Å². The summed E-state index contributed by atoms with van der Waals surface area (Å²) >= 11 is 0.